The minimum absolute atomic E-state index is 0.266. The number of primary amides is 2. The summed E-state index contributed by atoms with van der Waals surface area (Å²) < 4.78 is 0. The molecule has 0 fully saturated rings. The van der Waals surface area contributed by atoms with Crippen LogP contribution in [0.25, 0.3) is 0 Å². The Labute approximate surface area is 110 Å². The molecular formula is C13H29N3O2. The van der Waals surface area contributed by atoms with Gasteiger partial charge in [0.05, 0.1) is 6.04 Å². The Balaban J connectivity index is 0. The zero-order chi connectivity index (χ0) is 15.1. The summed E-state index contributed by atoms with van der Waals surface area (Å²) in [5, 5.41) is 0. The van der Waals surface area contributed by atoms with Crippen LogP contribution in [0.5, 0.6) is 0 Å². The summed E-state index contributed by atoms with van der Waals surface area (Å²) in [5.41, 5.74) is 15.4. The largest absolute Gasteiger partial charge is 0.370 e. The zero-order valence-electron chi connectivity index (χ0n) is 12.5. The standard InChI is InChI=1S/C11H23N3O2.C2H6/c1-10(2,5-7(12)15)6-11(3,4)8(13)9(14)16;1-2/h8H,5-6,13H2,1-4H3,(H2,12,15)(H2,14,16);1-2H3. The van der Waals surface area contributed by atoms with Gasteiger partial charge in [0.1, 0.15) is 0 Å². The summed E-state index contributed by atoms with van der Waals surface area (Å²) in [6.45, 7) is 11.6. The van der Waals surface area contributed by atoms with Crippen LogP contribution in [-0.2, 0) is 9.59 Å². The predicted molar refractivity (Wildman–Crippen MR) is 74.5 cm³/mol. The van der Waals surface area contributed by atoms with Gasteiger partial charge in [0.25, 0.3) is 0 Å². The highest BCUT2D eigenvalue weighted by atomic mass is 16.1. The van der Waals surface area contributed by atoms with E-state index in [0.29, 0.717) is 6.42 Å². The van der Waals surface area contributed by atoms with Gasteiger partial charge in [-0.1, -0.05) is 41.5 Å². The minimum atomic E-state index is -0.723. The monoisotopic (exact) mass is 259 g/mol. The molecule has 0 radical (unpaired) electrons. The third kappa shape index (κ3) is 7.27. The fourth-order valence-electron chi connectivity index (χ4n) is 2.26. The molecule has 0 aliphatic rings. The smallest absolute Gasteiger partial charge is 0.234 e. The predicted octanol–water partition coefficient (Wildman–Crippen LogP) is 1.14. The van der Waals surface area contributed by atoms with E-state index in [1.807, 2.05) is 41.5 Å². The summed E-state index contributed by atoms with van der Waals surface area (Å²) in [6, 6.07) is -0.723. The van der Waals surface area contributed by atoms with Crippen LogP contribution in [0.3, 0.4) is 0 Å². The lowest BCUT2D eigenvalue weighted by Gasteiger charge is -2.37. The molecule has 0 aromatic heterocycles. The molecule has 1 atom stereocenters. The van der Waals surface area contributed by atoms with Crippen LogP contribution in [-0.4, -0.2) is 17.9 Å². The van der Waals surface area contributed by atoms with E-state index in [1.54, 1.807) is 0 Å². The van der Waals surface area contributed by atoms with Crippen molar-refractivity contribution in [1.82, 2.24) is 0 Å². The van der Waals surface area contributed by atoms with Gasteiger partial charge in [-0.25, -0.2) is 0 Å². The van der Waals surface area contributed by atoms with Gasteiger partial charge < -0.3 is 17.2 Å². The first-order chi connectivity index (χ1) is 7.98. The van der Waals surface area contributed by atoms with Crippen LogP contribution in [0.1, 0.15) is 54.4 Å². The van der Waals surface area contributed by atoms with Crippen molar-refractivity contribution in [3.05, 3.63) is 0 Å². The highest BCUT2D eigenvalue weighted by Crippen LogP contribution is 2.37. The van der Waals surface area contributed by atoms with Crippen LogP contribution in [0, 0.1) is 10.8 Å². The first-order valence-electron chi connectivity index (χ1n) is 6.31. The van der Waals surface area contributed by atoms with Crippen LogP contribution >= 0.6 is 0 Å². The summed E-state index contributed by atoms with van der Waals surface area (Å²) in [5.74, 6) is -0.881. The Morgan fingerprint density at radius 3 is 1.72 bits per heavy atom. The molecule has 6 N–H and O–H groups in total. The lowest BCUT2D eigenvalue weighted by atomic mass is 9.70. The van der Waals surface area contributed by atoms with E-state index in [4.69, 9.17) is 17.2 Å². The average molecular weight is 259 g/mol. The number of hydrogen-bond acceptors (Lipinski definition) is 3. The molecule has 5 nitrogen and oxygen atoms in total. The number of nitrogens with two attached hydrogens (primary N) is 3. The van der Waals surface area contributed by atoms with E-state index in [0.717, 1.165) is 0 Å². The van der Waals surface area contributed by atoms with Gasteiger partial charge in [0.15, 0.2) is 0 Å². The van der Waals surface area contributed by atoms with E-state index in [1.165, 1.54) is 0 Å². The van der Waals surface area contributed by atoms with Gasteiger partial charge in [-0.3, -0.25) is 9.59 Å². The topological polar surface area (TPSA) is 112 Å². The molecule has 0 heterocycles. The van der Waals surface area contributed by atoms with Gasteiger partial charge >= 0.3 is 0 Å². The van der Waals surface area contributed by atoms with Crippen molar-refractivity contribution >= 4 is 11.8 Å². The second-order valence-corrected chi connectivity index (χ2v) is 5.85. The molecule has 0 saturated heterocycles. The van der Waals surface area contributed by atoms with Crippen LogP contribution in [0.2, 0.25) is 0 Å². The molecule has 0 aromatic rings. The van der Waals surface area contributed by atoms with Gasteiger partial charge in [-0.05, 0) is 17.3 Å². The van der Waals surface area contributed by atoms with Crippen molar-refractivity contribution in [2.24, 2.45) is 28.0 Å². The van der Waals surface area contributed by atoms with Gasteiger partial charge in [-0.2, -0.15) is 0 Å². The van der Waals surface area contributed by atoms with Gasteiger partial charge in [-0.15, -0.1) is 0 Å². The molecule has 5 heteroatoms. The van der Waals surface area contributed by atoms with Crippen LogP contribution in [0.15, 0.2) is 0 Å². The molecule has 1 unspecified atom stereocenters. The third-order valence-corrected chi connectivity index (χ3v) is 2.74. The highest BCUT2D eigenvalue weighted by molar-refractivity contribution is 5.80. The minimum Gasteiger partial charge on any atom is -0.370 e. The second-order valence-electron chi connectivity index (χ2n) is 5.85. The maximum absolute atomic E-state index is 11.1. The van der Waals surface area contributed by atoms with Gasteiger partial charge in [0.2, 0.25) is 11.8 Å². The molecule has 2 amide bonds. The molecule has 0 aliphatic heterocycles. The molecule has 0 spiro atoms. The third-order valence-electron chi connectivity index (χ3n) is 2.74. The number of hydrogen-bond donors (Lipinski definition) is 3. The maximum Gasteiger partial charge on any atom is 0.234 e. The van der Waals surface area contributed by atoms with Crippen molar-refractivity contribution in [1.29, 1.82) is 0 Å². The Morgan fingerprint density at radius 2 is 1.44 bits per heavy atom. The number of amides is 2. The van der Waals surface area contributed by atoms with Crippen molar-refractivity contribution in [2.75, 3.05) is 0 Å². The first-order valence-corrected chi connectivity index (χ1v) is 6.31. The Kier molecular flexibility index (Phi) is 7.87. The van der Waals surface area contributed by atoms with Crippen LogP contribution in [0.4, 0.5) is 0 Å². The van der Waals surface area contributed by atoms with E-state index in [9.17, 15) is 9.59 Å². The SMILES string of the molecule is CC.CC(C)(CC(N)=O)CC(C)(C)C(N)C(N)=O. The Morgan fingerprint density at radius 1 is 1.06 bits per heavy atom. The van der Waals surface area contributed by atoms with Crippen LogP contribution < -0.4 is 17.2 Å². The molecule has 0 aromatic carbocycles. The molecule has 0 rings (SSSR count). The van der Waals surface area contributed by atoms with Crippen molar-refractivity contribution in [2.45, 2.75) is 60.4 Å². The Hall–Kier alpha value is -1.10. The maximum atomic E-state index is 11.1. The highest BCUT2D eigenvalue weighted by Gasteiger charge is 2.36. The molecular weight excluding hydrogens is 230 g/mol. The number of carbonyl (C=O) groups excluding carboxylic acids is 2. The van der Waals surface area contributed by atoms with E-state index < -0.39 is 17.4 Å². The lowest BCUT2D eigenvalue weighted by Crippen LogP contribution is -2.49. The van der Waals surface area contributed by atoms with E-state index >= 15 is 0 Å². The quantitative estimate of drug-likeness (QED) is 0.664. The fraction of sp³-hybridized carbons (Fsp3) is 0.846. The average Bonchev–Trinajstić information content (AvgIpc) is 2.15. The molecule has 0 aliphatic carbocycles. The van der Waals surface area contributed by atoms with Crippen molar-refractivity contribution in [3.63, 3.8) is 0 Å². The van der Waals surface area contributed by atoms with Crippen molar-refractivity contribution < 1.29 is 9.59 Å². The molecule has 18 heavy (non-hydrogen) atoms. The van der Waals surface area contributed by atoms with E-state index in [2.05, 4.69) is 0 Å². The van der Waals surface area contributed by atoms with E-state index in [-0.39, 0.29) is 17.7 Å². The normalized spacial score (nSPS) is 13.3. The second kappa shape index (κ2) is 7.36. The summed E-state index contributed by atoms with van der Waals surface area (Å²) in [4.78, 5) is 22.0. The summed E-state index contributed by atoms with van der Waals surface area (Å²) in [7, 11) is 0. The molecule has 108 valence electrons. The number of rotatable bonds is 6. The fourth-order valence-corrected chi connectivity index (χ4v) is 2.26. The lowest BCUT2D eigenvalue weighted by molar-refractivity contribution is -0.122. The number of carbonyl (C=O) groups is 2. The van der Waals surface area contributed by atoms with Crippen molar-refractivity contribution in [3.8, 4) is 0 Å². The Bertz CT molecular complexity index is 286. The molecule has 0 saturated carbocycles. The summed E-state index contributed by atoms with van der Waals surface area (Å²) >= 11 is 0. The first kappa shape index (κ1) is 19.2. The van der Waals surface area contributed by atoms with Gasteiger partial charge in [0, 0.05) is 6.42 Å². The zero-order valence-corrected chi connectivity index (χ0v) is 12.5. The molecule has 0 bridgehead atoms. The summed E-state index contributed by atoms with van der Waals surface area (Å²) in [6.07, 6.45) is 0.870.